The number of rotatable bonds is 21. The van der Waals surface area contributed by atoms with Gasteiger partial charge in [0.05, 0.1) is 51.0 Å². The average molecular weight is 1460 g/mol. The molecule has 27 nitrogen and oxygen atoms in total. The summed E-state index contributed by atoms with van der Waals surface area (Å²) >= 11 is 0. The van der Waals surface area contributed by atoms with Crippen LogP contribution in [0.1, 0.15) is 159 Å². The zero-order valence-electron chi connectivity index (χ0n) is 65.5. The van der Waals surface area contributed by atoms with Gasteiger partial charge in [0.1, 0.15) is 54.4 Å². The Morgan fingerprint density at radius 1 is 0.519 bits per heavy atom. The standard InChI is InChI=1S/C77H124N12O15/c1-20-21-35-89-45-66(93)84(16)63(42-55-33-27-23-28-34-55)75(101)86(18)60(39-50(4)5)69(95)80-58(48-104-77(11,12)13)72(98)85(17)59(38-49(2)3)68(94)78-56(73(99)88-36-29-24-30-37-88)43-64(91)82(14)44-65(92)83(15)62(41-54-31-25-22-26-32-54)71(97)81-67(52(8)9)76(102)87(19)61(40-51(6)7)70(96)79-57(74(89)100)47-103-46-53(10)90/h22-23,25-28,31-34,49-53,56-63,67,90H,20-21,24,29-30,35-48H2,1-19H3,(H,78,94)(H,79,96)(H,80,95)(H,81,97)/t53-,56+,57+,58+,59+,60+,61+,62+,63+,67+/m1/s1. The van der Waals surface area contributed by atoms with Crippen LogP contribution in [0, 0.1) is 23.7 Å². The zero-order valence-corrected chi connectivity index (χ0v) is 65.5. The van der Waals surface area contributed by atoms with E-state index in [0.29, 0.717) is 49.9 Å². The quantitative estimate of drug-likeness (QED) is 0.118. The summed E-state index contributed by atoms with van der Waals surface area (Å²) in [6, 6.07) is 5.56. The van der Waals surface area contributed by atoms with Crippen molar-refractivity contribution >= 4 is 70.9 Å². The lowest BCUT2D eigenvalue weighted by atomic mass is 9.97. The highest BCUT2D eigenvalue weighted by Crippen LogP contribution is 2.23. The summed E-state index contributed by atoms with van der Waals surface area (Å²) in [5.74, 6) is -9.85. The predicted molar refractivity (Wildman–Crippen MR) is 396 cm³/mol. The predicted octanol–water partition coefficient (Wildman–Crippen LogP) is 4.06. The van der Waals surface area contributed by atoms with Crippen molar-refractivity contribution in [1.82, 2.24) is 60.5 Å². The van der Waals surface area contributed by atoms with Gasteiger partial charge in [-0.3, -0.25) is 57.5 Å². The molecule has 2 fully saturated rings. The van der Waals surface area contributed by atoms with Gasteiger partial charge in [-0.25, -0.2) is 0 Å². The molecule has 2 aliphatic heterocycles. The van der Waals surface area contributed by atoms with Gasteiger partial charge in [0, 0.05) is 74.8 Å². The van der Waals surface area contributed by atoms with Gasteiger partial charge >= 0.3 is 0 Å². The first-order chi connectivity index (χ1) is 48.8. The van der Waals surface area contributed by atoms with Crippen molar-refractivity contribution in [3.8, 4) is 0 Å². The molecule has 0 radical (unpaired) electrons. The third-order valence-corrected chi connectivity index (χ3v) is 19.0. The fourth-order valence-electron chi connectivity index (χ4n) is 12.6. The van der Waals surface area contributed by atoms with E-state index in [-0.39, 0.29) is 63.0 Å². The Labute approximate surface area is 617 Å². The normalized spacial score (nSPS) is 24.0. The molecule has 0 aromatic heterocycles. The number of carbonyl (C=O) groups is 12. The zero-order chi connectivity index (χ0) is 78.0. The number of likely N-dealkylation sites (tertiary alicyclic amines) is 1. The van der Waals surface area contributed by atoms with Gasteiger partial charge in [0.2, 0.25) is 70.9 Å². The number of piperidine rings is 1. The summed E-state index contributed by atoms with van der Waals surface area (Å²) in [5, 5.41) is 21.8. The molecule has 104 heavy (non-hydrogen) atoms. The first-order valence-corrected chi connectivity index (χ1v) is 37.1. The van der Waals surface area contributed by atoms with Crippen LogP contribution in [0.4, 0.5) is 0 Å². The Morgan fingerprint density at radius 3 is 1.43 bits per heavy atom. The van der Waals surface area contributed by atoms with Crippen LogP contribution in [-0.4, -0.2) is 276 Å². The maximum Gasteiger partial charge on any atom is 0.248 e. The van der Waals surface area contributed by atoms with Crippen molar-refractivity contribution in [3.63, 3.8) is 0 Å². The van der Waals surface area contributed by atoms with Gasteiger partial charge in [0.25, 0.3) is 0 Å². The molecule has 4 rings (SSSR count). The first kappa shape index (κ1) is 88.4. The SMILES string of the molecule is CCCCN1CC(=O)N(C)[C@@H](Cc2ccccc2)C(=O)N(C)[C@@H](CC(C)C)C(=O)N[C@@H](COC(C)(C)C)C(=O)N(C)[C@@H](CC(C)C)C(=O)N[C@H](C(=O)N2CCCCC2)CC(=O)N(C)CC(=O)N(C)[C@@H](Cc2ccccc2)C(=O)N[C@@H](C(C)C)C(=O)N(C)[C@@H](CC(C)C)C(=O)N[C@@H](COC[C@@H](C)O)C1=O. The van der Waals surface area contributed by atoms with Crippen LogP contribution in [0.5, 0.6) is 0 Å². The number of nitrogens with zero attached hydrogens (tertiary/aromatic N) is 8. The van der Waals surface area contributed by atoms with E-state index in [9.17, 15) is 19.5 Å². The molecule has 0 saturated carbocycles. The number of hydrogen-bond donors (Lipinski definition) is 5. The number of nitrogens with one attached hydrogen (secondary N) is 4. The third-order valence-electron chi connectivity index (χ3n) is 19.0. The molecule has 2 saturated heterocycles. The van der Waals surface area contributed by atoms with Crippen molar-refractivity contribution in [2.75, 3.05) is 94.8 Å². The molecule has 0 spiro atoms. The van der Waals surface area contributed by atoms with Crippen LogP contribution in [0.2, 0.25) is 0 Å². The van der Waals surface area contributed by atoms with Gasteiger partial charge in [0.15, 0.2) is 0 Å². The van der Waals surface area contributed by atoms with Crippen LogP contribution < -0.4 is 21.3 Å². The Hall–Kier alpha value is -8.04. The lowest BCUT2D eigenvalue weighted by Crippen LogP contribution is -2.62. The van der Waals surface area contributed by atoms with Crippen LogP contribution in [0.15, 0.2) is 60.7 Å². The van der Waals surface area contributed by atoms with Crippen LogP contribution in [0.25, 0.3) is 0 Å². The van der Waals surface area contributed by atoms with Crippen molar-refractivity contribution in [1.29, 1.82) is 0 Å². The second-order valence-electron chi connectivity index (χ2n) is 30.9. The Morgan fingerprint density at radius 2 is 0.962 bits per heavy atom. The first-order valence-electron chi connectivity index (χ1n) is 37.1. The van der Waals surface area contributed by atoms with Gasteiger partial charge in [-0.15, -0.1) is 0 Å². The monoisotopic (exact) mass is 1460 g/mol. The van der Waals surface area contributed by atoms with Crippen molar-refractivity contribution < 1.29 is 72.1 Å². The second-order valence-corrected chi connectivity index (χ2v) is 30.9. The minimum atomic E-state index is -1.51. The minimum absolute atomic E-state index is 0.00576. The number of aliphatic hydroxyl groups is 1. The van der Waals surface area contributed by atoms with E-state index in [1.54, 1.807) is 100 Å². The molecule has 0 unspecified atom stereocenters. The minimum Gasteiger partial charge on any atom is -0.391 e. The number of benzene rings is 2. The van der Waals surface area contributed by atoms with Crippen molar-refractivity contribution in [3.05, 3.63) is 71.8 Å². The van der Waals surface area contributed by atoms with Gasteiger partial charge in [-0.2, -0.15) is 0 Å². The summed E-state index contributed by atoms with van der Waals surface area (Å²) in [4.78, 5) is 191. The van der Waals surface area contributed by atoms with E-state index in [4.69, 9.17) is 9.47 Å². The maximum absolute atomic E-state index is 15.6. The number of likely N-dealkylation sites (N-methyl/N-ethyl adjacent to an activating group) is 6. The lowest BCUT2D eigenvalue weighted by Gasteiger charge is -2.37. The molecule has 0 bridgehead atoms. The number of ether oxygens (including phenoxy) is 2. The summed E-state index contributed by atoms with van der Waals surface area (Å²) in [5.41, 5.74) is 0.443. The molecular formula is C77H124N12O15. The number of carbonyl (C=O) groups excluding carboxylic acids is 12. The number of aliphatic hydroxyl groups excluding tert-OH is 1. The maximum atomic E-state index is 15.6. The Kier molecular flexibility index (Phi) is 35.8. The van der Waals surface area contributed by atoms with Gasteiger partial charge in [-0.05, 0) is 107 Å². The molecule has 2 aliphatic rings. The Bertz CT molecular complexity index is 3160. The lowest BCUT2D eigenvalue weighted by molar-refractivity contribution is -0.151. The molecule has 582 valence electrons. The number of amides is 12. The van der Waals surface area contributed by atoms with Crippen LogP contribution in [-0.2, 0) is 79.8 Å². The molecule has 12 amide bonds. The molecule has 2 heterocycles. The molecule has 27 heteroatoms. The third kappa shape index (κ3) is 27.5. The van der Waals surface area contributed by atoms with E-state index < -0.39 is 176 Å². The summed E-state index contributed by atoms with van der Waals surface area (Å²) in [6.07, 6.45) is 1.65. The molecule has 2 aromatic carbocycles. The highest BCUT2D eigenvalue weighted by atomic mass is 16.5. The average Bonchev–Trinajstić information content (AvgIpc) is 0.813. The number of hydrogen-bond acceptors (Lipinski definition) is 15. The Balaban J connectivity index is 2.01. The highest BCUT2D eigenvalue weighted by molar-refractivity contribution is 6.00. The molecule has 10 atom stereocenters. The summed E-state index contributed by atoms with van der Waals surface area (Å²) in [7, 11) is 8.45. The van der Waals surface area contributed by atoms with E-state index in [1.807, 2.05) is 48.5 Å². The molecule has 0 aliphatic carbocycles. The van der Waals surface area contributed by atoms with Crippen LogP contribution in [0.3, 0.4) is 0 Å². The van der Waals surface area contributed by atoms with Crippen molar-refractivity contribution in [2.45, 2.75) is 227 Å². The summed E-state index contributed by atoms with van der Waals surface area (Å²) < 4.78 is 12.1. The number of unbranched alkanes of at least 4 members (excludes halogenated alkanes) is 1. The highest BCUT2D eigenvalue weighted by Gasteiger charge is 2.43. The van der Waals surface area contributed by atoms with E-state index in [2.05, 4.69) is 21.3 Å². The topological polar surface area (TPSA) is 318 Å². The fourth-order valence-corrected chi connectivity index (χ4v) is 12.6. The molecular weight excluding hydrogens is 1330 g/mol. The largest absolute Gasteiger partial charge is 0.391 e. The molecule has 2 aromatic rings. The van der Waals surface area contributed by atoms with E-state index in [0.717, 1.165) is 11.3 Å². The van der Waals surface area contributed by atoms with Crippen LogP contribution >= 0.6 is 0 Å². The van der Waals surface area contributed by atoms with Gasteiger partial charge in [-0.1, -0.05) is 129 Å². The second kappa shape index (κ2) is 42.2. The smallest absolute Gasteiger partial charge is 0.248 e. The van der Waals surface area contributed by atoms with Crippen molar-refractivity contribution in [2.24, 2.45) is 23.7 Å². The van der Waals surface area contributed by atoms with E-state index >= 15 is 43.2 Å². The summed E-state index contributed by atoms with van der Waals surface area (Å²) in [6.45, 7) is 21.6. The molecule has 5 N–H and O–H groups in total. The fraction of sp³-hybridized carbons (Fsp3) is 0.688. The van der Waals surface area contributed by atoms with E-state index in [1.165, 1.54) is 78.6 Å². The van der Waals surface area contributed by atoms with Gasteiger partial charge < -0.3 is 75.0 Å².